The van der Waals surface area contributed by atoms with Crippen LogP contribution in [0, 0.1) is 30.6 Å². The summed E-state index contributed by atoms with van der Waals surface area (Å²) in [5.74, 6) is -1.75. The number of allylic oxidation sites excluding steroid dienone is 2. The lowest BCUT2D eigenvalue weighted by Gasteiger charge is -2.23. The van der Waals surface area contributed by atoms with Gasteiger partial charge in [-0.25, -0.2) is 4.98 Å². The Morgan fingerprint density at radius 2 is 2.00 bits per heavy atom. The summed E-state index contributed by atoms with van der Waals surface area (Å²) in [7, 11) is 0. The van der Waals surface area contributed by atoms with Gasteiger partial charge < -0.3 is 10.4 Å². The fourth-order valence-electron chi connectivity index (χ4n) is 3.33. The van der Waals surface area contributed by atoms with Crippen LogP contribution in [0.15, 0.2) is 30.5 Å². The molecule has 20 heavy (non-hydrogen) atoms. The van der Waals surface area contributed by atoms with Crippen LogP contribution in [0.25, 0.3) is 0 Å². The third kappa shape index (κ3) is 2.09. The van der Waals surface area contributed by atoms with E-state index >= 15 is 0 Å². The Balaban J connectivity index is 1.80. The van der Waals surface area contributed by atoms with Crippen molar-refractivity contribution in [3.63, 3.8) is 0 Å². The standard InChI is InChI=1S/C15H16N2O3/c1-8-4-5-16-11(6-8)17-14(18)12-9-2-3-10(7-9)13(12)15(19)20/h2-6,9-10,12-13H,7H2,1H3,(H,19,20)(H,16,17,18)/t9-,10-,12-,13+/m0/s1. The van der Waals surface area contributed by atoms with Crippen molar-refractivity contribution in [3.05, 3.63) is 36.0 Å². The first-order valence-corrected chi connectivity index (χ1v) is 6.71. The number of nitrogens with zero attached hydrogens (tertiary/aromatic N) is 1. The lowest BCUT2D eigenvalue weighted by molar-refractivity contribution is -0.146. The molecule has 0 saturated heterocycles. The van der Waals surface area contributed by atoms with Crippen molar-refractivity contribution >= 4 is 17.7 Å². The summed E-state index contributed by atoms with van der Waals surface area (Å²) in [6, 6.07) is 3.62. The molecule has 0 unspecified atom stereocenters. The SMILES string of the molecule is Cc1ccnc(NC(=O)[C@@H]2[C@H](C(=O)O)[C@H]3C=C[C@H]2C3)c1. The molecule has 0 radical (unpaired) electrons. The summed E-state index contributed by atoms with van der Waals surface area (Å²) >= 11 is 0. The van der Waals surface area contributed by atoms with Gasteiger partial charge in [0.1, 0.15) is 5.82 Å². The molecule has 0 aromatic carbocycles. The van der Waals surface area contributed by atoms with Gasteiger partial charge in [0.25, 0.3) is 0 Å². The fraction of sp³-hybridized carbons (Fsp3) is 0.400. The maximum atomic E-state index is 12.4. The highest BCUT2D eigenvalue weighted by Gasteiger charge is 2.51. The Kier molecular flexibility index (Phi) is 3.04. The van der Waals surface area contributed by atoms with Crippen molar-refractivity contribution in [2.45, 2.75) is 13.3 Å². The number of hydrogen-bond donors (Lipinski definition) is 2. The maximum absolute atomic E-state index is 12.4. The fourth-order valence-corrected chi connectivity index (χ4v) is 3.33. The quantitative estimate of drug-likeness (QED) is 0.823. The minimum absolute atomic E-state index is 0.0151. The van der Waals surface area contributed by atoms with E-state index in [1.807, 2.05) is 25.1 Å². The average Bonchev–Trinajstić information content (AvgIpc) is 2.98. The van der Waals surface area contributed by atoms with Crippen molar-refractivity contribution in [2.24, 2.45) is 23.7 Å². The number of carbonyl (C=O) groups excluding carboxylic acids is 1. The van der Waals surface area contributed by atoms with E-state index in [2.05, 4.69) is 10.3 Å². The van der Waals surface area contributed by atoms with Gasteiger partial charge >= 0.3 is 5.97 Å². The van der Waals surface area contributed by atoms with Gasteiger partial charge in [-0.05, 0) is 42.9 Å². The van der Waals surface area contributed by atoms with Crippen LogP contribution in [0.3, 0.4) is 0 Å². The number of aromatic nitrogens is 1. The zero-order valence-corrected chi connectivity index (χ0v) is 11.1. The molecule has 1 fully saturated rings. The normalized spacial score (nSPS) is 30.4. The Bertz CT molecular complexity index is 597. The number of nitrogens with one attached hydrogen (secondary N) is 1. The van der Waals surface area contributed by atoms with E-state index in [9.17, 15) is 14.7 Å². The molecule has 1 aromatic heterocycles. The van der Waals surface area contributed by atoms with Crippen molar-refractivity contribution in [1.82, 2.24) is 4.98 Å². The molecule has 0 spiro atoms. The number of hydrogen-bond acceptors (Lipinski definition) is 3. The second kappa shape index (κ2) is 4.74. The van der Waals surface area contributed by atoms with E-state index in [1.165, 1.54) is 0 Å². The van der Waals surface area contributed by atoms with Gasteiger partial charge in [0, 0.05) is 6.20 Å². The molecule has 2 N–H and O–H groups in total. The summed E-state index contributed by atoms with van der Waals surface area (Å²) in [6.07, 6.45) is 6.28. The number of carboxylic acid groups (broad SMARTS) is 1. The molecule has 0 aliphatic heterocycles. The van der Waals surface area contributed by atoms with Crippen LogP contribution < -0.4 is 5.32 Å². The number of aryl methyl sites for hydroxylation is 1. The van der Waals surface area contributed by atoms with Crippen LogP contribution in [-0.4, -0.2) is 22.0 Å². The second-order valence-electron chi connectivity index (χ2n) is 5.55. The molecule has 4 atom stereocenters. The summed E-state index contributed by atoms with van der Waals surface area (Å²) in [6.45, 7) is 1.91. The number of pyridine rings is 1. The van der Waals surface area contributed by atoms with Crippen molar-refractivity contribution in [3.8, 4) is 0 Å². The first-order valence-electron chi connectivity index (χ1n) is 6.71. The molecular formula is C15H16N2O3. The molecular weight excluding hydrogens is 256 g/mol. The second-order valence-corrected chi connectivity index (χ2v) is 5.55. The topological polar surface area (TPSA) is 79.3 Å². The van der Waals surface area contributed by atoms with E-state index in [0.29, 0.717) is 5.82 Å². The summed E-state index contributed by atoms with van der Waals surface area (Å²) < 4.78 is 0. The third-order valence-electron chi connectivity index (χ3n) is 4.21. The molecule has 1 aromatic rings. The number of fused-ring (bicyclic) bond motifs is 2. The molecule has 2 bridgehead atoms. The Hall–Kier alpha value is -2.17. The van der Waals surface area contributed by atoms with Crippen molar-refractivity contribution in [1.29, 1.82) is 0 Å². The third-order valence-corrected chi connectivity index (χ3v) is 4.21. The Labute approximate surface area is 116 Å². The monoisotopic (exact) mass is 272 g/mol. The maximum Gasteiger partial charge on any atom is 0.307 e. The number of amides is 1. The first-order chi connectivity index (χ1) is 9.56. The highest BCUT2D eigenvalue weighted by molar-refractivity contribution is 5.95. The number of carbonyl (C=O) groups is 2. The smallest absolute Gasteiger partial charge is 0.307 e. The van der Waals surface area contributed by atoms with Crippen LogP contribution in [0.2, 0.25) is 0 Å². The zero-order chi connectivity index (χ0) is 14.3. The first kappa shape index (κ1) is 12.8. The van der Waals surface area contributed by atoms with Gasteiger partial charge in [0.05, 0.1) is 11.8 Å². The van der Waals surface area contributed by atoms with Gasteiger partial charge in [-0.1, -0.05) is 12.2 Å². The molecule has 3 rings (SSSR count). The molecule has 1 heterocycles. The number of aliphatic carboxylic acids is 1. The van der Waals surface area contributed by atoms with Crippen LogP contribution in [-0.2, 0) is 9.59 Å². The summed E-state index contributed by atoms with van der Waals surface area (Å²) in [4.78, 5) is 27.9. The minimum Gasteiger partial charge on any atom is -0.481 e. The van der Waals surface area contributed by atoms with E-state index in [-0.39, 0.29) is 17.7 Å². The highest BCUT2D eigenvalue weighted by atomic mass is 16.4. The molecule has 5 nitrogen and oxygen atoms in total. The van der Waals surface area contributed by atoms with Crippen LogP contribution in [0.4, 0.5) is 5.82 Å². The minimum atomic E-state index is -0.890. The zero-order valence-electron chi connectivity index (χ0n) is 11.1. The molecule has 1 saturated carbocycles. The van der Waals surface area contributed by atoms with E-state index < -0.39 is 17.8 Å². The van der Waals surface area contributed by atoms with Crippen molar-refractivity contribution < 1.29 is 14.7 Å². The summed E-state index contributed by atoms with van der Waals surface area (Å²) in [5.41, 5.74) is 0.998. The molecule has 5 heteroatoms. The van der Waals surface area contributed by atoms with Gasteiger partial charge in [0.2, 0.25) is 5.91 Å². The predicted molar refractivity (Wildman–Crippen MR) is 73.0 cm³/mol. The van der Waals surface area contributed by atoms with Crippen LogP contribution in [0.1, 0.15) is 12.0 Å². The van der Waals surface area contributed by atoms with Gasteiger partial charge in [0.15, 0.2) is 0 Å². The summed E-state index contributed by atoms with van der Waals surface area (Å²) in [5, 5.41) is 12.1. The lowest BCUT2D eigenvalue weighted by Crippen LogP contribution is -2.36. The Morgan fingerprint density at radius 3 is 2.65 bits per heavy atom. The average molecular weight is 272 g/mol. The molecule has 1 amide bonds. The number of rotatable bonds is 3. The number of anilines is 1. The highest BCUT2D eigenvalue weighted by Crippen LogP contribution is 2.48. The van der Waals surface area contributed by atoms with Gasteiger partial charge in [-0.3, -0.25) is 9.59 Å². The van der Waals surface area contributed by atoms with Crippen LogP contribution >= 0.6 is 0 Å². The molecule has 2 aliphatic rings. The van der Waals surface area contributed by atoms with Gasteiger partial charge in [-0.15, -0.1) is 0 Å². The van der Waals surface area contributed by atoms with Gasteiger partial charge in [-0.2, -0.15) is 0 Å². The van der Waals surface area contributed by atoms with E-state index in [0.717, 1.165) is 12.0 Å². The van der Waals surface area contributed by atoms with Crippen LogP contribution in [0.5, 0.6) is 0 Å². The Morgan fingerprint density at radius 1 is 1.30 bits per heavy atom. The molecule has 104 valence electrons. The van der Waals surface area contributed by atoms with E-state index in [1.54, 1.807) is 12.3 Å². The largest absolute Gasteiger partial charge is 0.481 e. The lowest BCUT2D eigenvalue weighted by atomic mass is 9.82. The number of carboxylic acids is 1. The predicted octanol–water partition coefficient (Wildman–Crippen LogP) is 1.85. The molecule has 2 aliphatic carbocycles. The van der Waals surface area contributed by atoms with E-state index in [4.69, 9.17) is 0 Å². The van der Waals surface area contributed by atoms with Crippen molar-refractivity contribution in [2.75, 3.05) is 5.32 Å².